The fourth-order valence-corrected chi connectivity index (χ4v) is 5.49. The summed E-state index contributed by atoms with van der Waals surface area (Å²) in [5, 5.41) is 12.6. The average Bonchev–Trinajstić information content (AvgIpc) is 3.38. The van der Waals surface area contributed by atoms with Gasteiger partial charge in [-0.15, -0.1) is 10.2 Å². The molecule has 0 aliphatic heterocycles. The third kappa shape index (κ3) is 4.08. The van der Waals surface area contributed by atoms with E-state index in [1.165, 1.54) is 10.9 Å². The smallest absolute Gasteiger partial charge is 0.403 e. The Morgan fingerprint density at radius 3 is 2.37 bits per heavy atom. The van der Waals surface area contributed by atoms with Crippen LogP contribution >= 0.6 is 27.5 Å². The first-order valence-electron chi connectivity index (χ1n) is 10.5. The van der Waals surface area contributed by atoms with E-state index in [9.17, 15) is 17.7 Å². The van der Waals surface area contributed by atoms with Crippen molar-refractivity contribution in [2.45, 2.75) is 35.7 Å². The summed E-state index contributed by atoms with van der Waals surface area (Å²) < 4.78 is 62.4. The molecule has 0 amide bonds. The molecule has 1 aliphatic carbocycles. The SMILES string of the molecule is C[S+]([O-])c1c(-c2nnc(C3(C(F)(F)F)CCC3)o2)nn(-c2ccccc2Cl)c1-c1ccc(Br)cc1. The summed E-state index contributed by atoms with van der Waals surface area (Å²) in [4.78, 5) is 0.247. The molecule has 0 radical (unpaired) electrons. The second kappa shape index (κ2) is 8.95. The lowest BCUT2D eigenvalue weighted by molar-refractivity contribution is -0.219. The van der Waals surface area contributed by atoms with E-state index in [2.05, 4.69) is 31.2 Å². The number of para-hydroxylation sites is 1. The van der Waals surface area contributed by atoms with Crippen LogP contribution in [0.4, 0.5) is 13.2 Å². The monoisotopic (exact) mass is 584 g/mol. The first-order chi connectivity index (χ1) is 16.6. The van der Waals surface area contributed by atoms with Crippen LogP contribution in [0.15, 0.2) is 62.3 Å². The van der Waals surface area contributed by atoms with Crippen molar-refractivity contribution in [3.05, 3.63) is 63.9 Å². The third-order valence-corrected chi connectivity index (χ3v) is 7.92. The normalized spacial score (nSPS) is 16.2. The van der Waals surface area contributed by atoms with Crippen LogP contribution in [0, 0.1) is 0 Å². The Balaban J connectivity index is 1.74. The number of alkyl halides is 3. The fraction of sp³-hybridized carbons (Fsp3) is 0.261. The maximum absolute atomic E-state index is 13.8. The number of benzene rings is 2. The van der Waals surface area contributed by atoms with Crippen molar-refractivity contribution in [3.8, 4) is 28.5 Å². The van der Waals surface area contributed by atoms with E-state index in [1.807, 2.05) is 12.1 Å². The zero-order valence-electron chi connectivity index (χ0n) is 18.1. The molecule has 5 rings (SSSR count). The van der Waals surface area contributed by atoms with Gasteiger partial charge in [0.1, 0.15) is 17.4 Å². The highest BCUT2D eigenvalue weighted by Gasteiger charge is 2.63. The first-order valence-corrected chi connectivity index (χ1v) is 13.2. The molecule has 1 atom stereocenters. The molecule has 1 saturated carbocycles. The van der Waals surface area contributed by atoms with Crippen molar-refractivity contribution in [2.24, 2.45) is 0 Å². The minimum Gasteiger partial charge on any atom is -0.612 e. The molecule has 0 N–H and O–H groups in total. The maximum atomic E-state index is 13.8. The van der Waals surface area contributed by atoms with Gasteiger partial charge in [-0.05, 0) is 48.3 Å². The highest BCUT2D eigenvalue weighted by molar-refractivity contribution is 9.10. The minimum atomic E-state index is -4.52. The summed E-state index contributed by atoms with van der Waals surface area (Å²) in [5.74, 6) is -0.735. The van der Waals surface area contributed by atoms with E-state index in [-0.39, 0.29) is 29.3 Å². The molecule has 182 valence electrons. The molecule has 1 fully saturated rings. The quantitative estimate of drug-likeness (QED) is 0.243. The molecule has 0 saturated heterocycles. The molecule has 6 nitrogen and oxygen atoms in total. The molecule has 35 heavy (non-hydrogen) atoms. The number of nitrogens with zero attached hydrogens (tertiary/aromatic N) is 4. The summed E-state index contributed by atoms with van der Waals surface area (Å²) in [6.45, 7) is 0. The highest BCUT2D eigenvalue weighted by atomic mass is 79.9. The molecule has 1 unspecified atom stereocenters. The lowest BCUT2D eigenvalue weighted by Gasteiger charge is -2.39. The highest BCUT2D eigenvalue weighted by Crippen LogP contribution is 2.54. The van der Waals surface area contributed by atoms with E-state index >= 15 is 0 Å². The van der Waals surface area contributed by atoms with Crippen molar-refractivity contribution in [1.82, 2.24) is 20.0 Å². The van der Waals surface area contributed by atoms with Crippen LogP contribution in [0.2, 0.25) is 5.02 Å². The van der Waals surface area contributed by atoms with Crippen LogP contribution in [0.25, 0.3) is 28.5 Å². The van der Waals surface area contributed by atoms with Gasteiger partial charge < -0.3 is 8.97 Å². The van der Waals surface area contributed by atoms with Crippen molar-refractivity contribution in [2.75, 3.05) is 6.26 Å². The Labute approximate surface area is 214 Å². The summed E-state index contributed by atoms with van der Waals surface area (Å²) in [6.07, 6.45) is -2.90. The number of hydrogen-bond acceptors (Lipinski definition) is 5. The second-order valence-electron chi connectivity index (χ2n) is 8.20. The predicted molar refractivity (Wildman–Crippen MR) is 129 cm³/mol. The van der Waals surface area contributed by atoms with Gasteiger partial charge in [-0.2, -0.15) is 18.3 Å². The van der Waals surface area contributed by atoms with Crippen molar-refractivity contribution < 1.29 is 22.1 Å². The molecule has 12 heteroatoms. The van der Waals surface area contributed by atoms with Gasteiger partial charge in [0.15, 0.2) is 0 Å². The predicted octanol–water partition coefficient (Wildman–Crippen LogP) is 6.73. The topological polar surface area (TPSA) is 79.8 Å². The van der Waals surface area contributed by atoms with Gasteiger partial charge in [-0.25, -0.2) is 4.68 Å². The van der Waals surface area contributed by atoms with Crippen LogP contribution in [0.5, 0.6) is 0 Å². The Bertz CT molecular complexity index is 1380. The van der Waals surface area contributed by atoms with Crippen LogP contribution in [0.1, 0.15) is 25.2 Å². The van der Waals surface area contributed by atoms with Gasteiger partial charge in [0.2, 0.25) is 16.5 Å². The van der Waals surface area contributed by atoms with Crippen LogP contribution in [0.3, 0.4) is 0 Å². The molecule has 2 aromatic carbocycles. The van der Waals surface area contributed by atoms with Gasteiger partial charge in [0.05, 0.1) is 10.7 Å². The summed E-state index contributed by atoms with van der Waals surface area (Å²) in [6, 6.07) is 14.2. The lowest BCUT2D eigenvalue weighted by Crippen LogP contribution is -2.48. The molecule has 1 aliphatic rings. The molecule has 0 bridgehead atoms. The maximum Gasteiger partial charge on any atom is 0.403 e. The number of rotatable bonds is 5. The first kappa shape index (κ1) is 24.4. The van der Waals surface area contributed by atoms with Gasteiger partial charge >= 0.3 is 6.18 Å². The zero-order chi connectivity index (χ0) is 25.0. The van der Waals surface area contributed by atoms with Gasteiger partial charge in [0, 0.05) is 10.0 Å². The van der Waals surface area contributed by atoms with Crippen LogP contribution < -0.4 is 0 Å². The molecule has 2 aromatic heterocycles. The number of halogens is 5. The molecule has 0 spiro atoms. The van der Waals surface area contributed by atoms with Gasteiger partial charge in [-0.3, -0.25) is 0 Å². The largest absolute Gasteiger partial charge is 0.612 e. The van der Waals surface area contributed by atoms with Gasteiger partial charge in [0.25, 0.3) is 5.89 Å². The lowest BCUT2D eigenvalue weighted by atomic mass is 9.68. The van der Waals surface area contributed by atoms with E-state index in [1.54, 1.807) is 36.4 Å². The Kier molecular flexibility index (Phi) is 6.23. The summed E-state index contributed by atoms with van der Waals surface area (Å²) in [7, 11) is 0. The molecular formula is C23H17BrClF3N4O2S. The molecule has 4 aromatic rings. The Hall–Kier alpha value is -2.34. The molecular weight excluding hydrogens is 569 g/mol. The van der Waals surface area contributed by atoms with Crippen LogP contribution in [-0.2, 0) is 16.6 Å². The van der Waals surface area contributed by atoms with E-state index in [0.717, 1.165) is 4.47 Å². The van der Waals surface area contributed by atoms with E-state index in [0.29, 0.717) is 28.4 Å². The fourth-order valence-electron chi connectivity index (χ4n) is 4.14. The third-order valence-electron chi connectivity index (χ3n) is 6.11. The Morgan fingerprint density at radius 1 is 1.11 bits per heavy atom. The van der Waals surface area contributed by atoms with Gasteiger partial charge in [-0.1, -0.05) is 58.2 Å². The van der Waals surface area contributed by atoms with Crippen molar-refractivity contribution in [3.63, 3.8) is 0 Å². The number of aromatic nitrogens is 4. The second-order valence-corrected chi connectivity index (χ2v) is 10.8. The van der Waals surface area contributed by atoms with Crippen molar-refractivity contribution in [1.29, 1.82) is 0 Å². The zero-order valence-corrected chi connectivity index (χ0v) is 21.3. The number of hydrogen-bond donors (Lipinski definition) is 0. The summed E-state index contributed by atoms with van der Waals surface area (Å²) in [5.41, 5.74) is -0.503. The standard InChI is InChI=1S/C23H17BrClF3N4O2S/c1-35(33)19-17(20-29-30-21(34-20)22(11-4-12-22)23(26,27)28)31-32(16-6-3-2-5-15(16)25)18(19)13-7-9-14(24)10-8-13/h2-3,5-10H,4,11-12H2,1H3. The summed E-state index contributed by atoms with van der Waals surface area (Å²) >= 11 is 8.23. The van der Waals surface area contributed by atoms with Crippen molar-refractivity contribution >= 4 is 38.7 Å². The van der Waals surface area contributed by atoms with Crippen LogP contribution in [-0.4, -0.2) is 37.0 Å². The van der Waals surface area contributed by atoms with E-state index in [4.69, 9.17) is 16.0 Å². The minimum absolute atomic E-state index is 0.0408. The Morgan fingerprint density at radius 2 is 1.80 bits per heavy atom. The molecule has 2 heterocycles. The average molecular weight is 586 g/mol. The van der Waals surface area contributed by atoms with E-state index < -0.39 is 28.7 Å².